The maximum atomic E-state index is 4.47. The van der Waals surface area contributed by atoms with Gasteiger partial charge in [0.05, 0.1) is 11.4 Å². The van der Waals surface area contributed by atoms with Crippen molar-refractivity contribution in [2.45, 2.75) is 40.3 Å². The molecule has 0 unspecified atom stereocenters. The third-order valence-corrected chi connectivity index (χ3v) is 2.77. The Morgan fingerprint density at radius 1 is 1.28 bits per heavy atom. The molecular formula is C14H20N4. The smallest absolute Gasteiger partial charge is 0.0724 e. The highest BCUT2D eigenvalue weighted by molar-refractivity contribution is 5.40. The van der Waals surface area contributed by atoms with E-state index in [1.807, 2.05) is 37.0 Å². The number of rotatable bonds is 4. The summed E-state index contributed by atoms with van der Waals surface area (Å²) in [5.74, 6) is 0. The molecule has 0 saturated heterocycles. The van der Waals surface area contributed by atoms with Crippen LogP contribution in [0.25, 0.3) is 5.69 Å². The normalized spacial score (nSPS) is 11.2. The minimum absolute atomic E-state index is 0.457. The van der Waals surface area contributed by atoms with E-state index >= 15 is 0 Å². The van der Waals surface area contributed by atoms with E-state index in [0.717, 1.165) is 29.2 Å². The van der Waals surface area contributed by atoms with Crippen molar-refractivity contribution in [3.8, 4) is 5.69 Å². The average Bonchev–Trinajstić information content (AvgIpc) is 2.74. The standard InChI is InChI=1S/C14H20N4/c1-10(2)15-8-13-9-16-12(4)7-14(13)18-6-5-11(3)17-18/h5-7,9-10,15H,8H2,1-4H3. The Balaban J connectivity index is 2.34. The van der Waals surface area contributed by atoms with Crippen LogP contribution in [-0.2, 0) is 6.54 Å². The summed E-state index contributed by atoms with van der Waals surface area (Å²) in [5.41, 5.74) is 4.29. The first kappa shape index (κ1) is 12.8. The fourth-order valence-electron chi connectivity index (χ4n) is 1.79. The van der Waals surface area contributed by atoms with Gasteiger partial charge in [-0.3, -0.25) is 4.98 Å². The molecule has 0 radical (unpaired) electrons. The number of aromatic nitrogens is 3. The monoisotopic (exact) mass is 244 g/mol. The molecule has 1 N–H and O–H groups in total. The van der Waals surface area contributed by atoms with Crippen LogP contribution in [0.15, 0.2) is 24.5 Å². The van der Waals surface area contributed by atoms with Crippen molar-refractivity contribution in [1.29, 1.82) is 0 Å². The van der Waals surface area contributed by atoms with Gasteiger partial charge in [0.2, 0.25) is 0 Å². The maximum absolute atomic E-state index is 4.47. The van der Waals surface area contributed by atoms with E-state index in [9.17, 15) is 0 Å². The molecule has 0 saturated carbocycles. The van der Waals surface area contributed by atoms with E-state index in [2.05, 4.69) is 35.3 Å². The van der Waals surface area contributed by atoms with Gasteiger partial charge >= 0.3 is 0 Å². The molecule has 2 aromatic rings. The highest BCUT2D eigenvalue weighted by Gasteiger charge is 2.07. The molecule has 0 aromatic carbocycles. The van der Waals surface area contributed by atoms with Crippen molar-refractivity contribution in [2.24, 2.45) is 0 Å². The molecule has 0 bridgehead atoms. The Labute approximate surface area is 108 Å². The summed E-state index contributed by atoms with van der Waals surface area (Å²) < 4.78 is 1.92. The quantitative estimate of drug-likeness (QED) is 0.898. The summed E-state index contributed by atoms with van der Waals surface area (Å²) in [6.45, 7) is 9.08. The van der Waals surface area contributed by atoms with Crippen LogP contribution < -0.4 is 5.32 Å². The van der Waals surface area contributed by atoms with Gasteiger partial charge in [0.15, 0.2) is 0 Å². The van der Waals surface area contributed by atoms with Crippen LogP contribution in [0.2, 0.25) is 0 Å². The molecule has 0 aliphatic rings. The van der Waals surface area contributed by atoms with Gasteiger partial charge in [0.25, 0.3) is 0 Å². The topological polar surface area (TPSA) is 42.7 Å². The van der Waals surface area contributed by atoms with E-state index in [1.54, 1.807) is 0 Å². The highest BCUT2D eigenvalue weighted by atomic mass is 15.3. The number of nitrogens with one attached hydrogen (secondary N) is 1. The zero-order chi connectivity index (χ0) is 13.1. The summed E-state index contributed by atoms with van der Waals surface area (Å²) in [4.78, 5) is 4.37. The van der Waals surface area contributed by atoms with Crippen LogP contribution in [0, 0.1) is 13.8 Å². The number of aryl methyl sites for hydroxylation is 2. The number of hydrogen-bond acceptors (Lipinski definition) is 3. The minimum Gasteiger partial charge on any atom is -0.310 e. The molecule has 96 valence electrons. The molecule has 4 nitrogen and oxygen atoms in total. The third-order valence-electron chi connectivity index (χ3n) is 2.77. The van der Waals surface area contributed by atoms with Gasteiger partial charge in [0, 0.05) is 36.2 Å². The van der Waals surface area contributed by atoms with E-state index in [0.29, 0.717) is 6.04 Å². The molecule has 18 heavy (non-hydrogen) atoms. The molecule has 2 heterocycles. The molecule has 0 aliphatic carbocycles. The Morgan fingerprint density at radius 3 is 2.67 bits per heavy atom. The first-order valence-corrected chi connectivity index (χ1v) is 6.28. The zero-order valence-corrected chi connectivity index (χ0v) is 11.4. The van der Waals surface area contributed by atoms with Crippen molar-refractivity contribution in [1.82, 2.24) is 20.1 Å². The Bertz CT molecular complexity index is 528. The molecule has 0 aliphatic heterocycles. The van der Waals surface area contributed by atoms with E-state index in [-0.39, 0.29) is 0 Å². The van der Waals surface area contributed by atoms with Crippen LogP contribution >= 0.6 is 0 Å². The third kappa shape index (κ3) is 2.96. The molecule has 0 atom stereocenters. The lowest BCUT2D eigenvalue weighted by molar-refractivity contribution is 0.585. The van der Waals surface area contributed by atoms with Crippen molar-refractivity contribution >= 4 is 0 Å². The predicted octanol–water partition coefficient (Wildman–Crippen LogP) is 2.38. The van der Waals surface area contributed by atoms with Gasteiger partial charge < -0.3 is 5.32 Å². The van der Waals surface area contributed by atoms with Crippen LogP contribution in [0.5, 0.6) is 0 Å². The Kier molecular flexibility index (Phi) is 3.77. The van der Waals surface area contributed by atoms with Gasteiger partial charge in [-0.25, -0.2) is 4.68 Å². The predicted molar refractivity (Wildman–Crippen MR) is 72.8 cm³/mol. The Hall–Kier alpha value is -1.68. The summed E-state index contributed by atoms with van der Waals surface area (Å²) in [6, 6.07) is 4.54. The van der Waals surface area contributed by atoms with Gasteiger partial charge in [-0.2, -0.15) is 5.10 Å². The van der Waals surface area contributed by atoms with E-state index < -0.39 is 0 Å². The van der Waals surface area contributed by atoms with Crippen LogP contribution in [0.3, 0.4) is 0 Å². The van der Waals surface area contributed by atoms with Crippen molar-refractivity contribution in [3.63, 3.8) is 0 Å². The zero-order valence-electron chi connectivity index (χ0n) is 11.4. The molecule has 2 aromatic heterocycles. The van der Waals surface area contributed by atoms with Crippen molar-refractivity contribution in [2.75, 3.05) is 0 Å². The van der Waals surface area contributed by atoms with Crippen LogP contribution in [0.4, 0.5) is 0 Å². The summed E-state index contributed by atoms with van der Waals surface area (Å²) in [6.07, 6.45) is 3.92. The average molecular weight is 244 g/mol. The summed E-state index contributed by atoms with van der Waals surface area (Å²) >= 11 is 0. The highest BCUT2D eigenvalue weighted by Crippen LogP contribution is 2.15. The fourth-order valence-corrected chi connectivity index (χ4v) is 1.79. The number of nitrogens with zero attached hydrogens (tertiary/aromatic N) is 3. The van der Waals surface area contributed by atoms with Crippen LogP contribution in [0.1, 0.15) is 30.8 Å². The maximum Gasteiger partial charge on any atom is 0.0724 e. The minimum atomic E-state index is 0.457. The van der Waals surface area contributed by atoms with Crippen molar-refractivity contribution in [3.05, 3.63) is 41.5 Å². The first-order chi connectivity index (χ1) is 8.56. The lowest BCUT2D eigenvalue weighted by Crippen LogP contribution is -2.23. The second-order valence-corrected chi connectivity index (χ2v) is 4.89. The molecule has 4 heteroatoms. The largest absolute Gasteiger partial charge is 0.310 e. The van der Waals surface area contributed by atoms with Gasteiger partial charge in [0.1, 0.15) is 0 Å². The molecule has 0 spiro atoms. The number of pyridine rings is 1. The molecule has 2 rings (SSSR count). The first-order valence-electron chi connectivity index (χ1n) is 6.28. The lowest BCUT2D eigenvalue weighted by Gasteiger charge is -2.13. The van der Waals surface area contributed by atoms with E-state index in [4.69, 9.17) is 0 Å². The summed E-state index contributed by atoms with van der Waals surface area (Å²) in [5, 5.41) is 7.89. The van der Waals surface area contributed by atoms with Crippen molar-refractivity contribution < 1.29 is 0 Å². The fraction of sp³-hybridized carbons (Fsp3) is 0.429. The van der Waals surface area contributed by atoms with Gasteiger partial charge in [-0.1, -0.05) is 13.8 Å². The SMILES string of the molecule is Cc1cc(-n2ccc(C)n2)c(CNC(C)C)cn1. The second-order valence-electron chi connectivity index (χ2n) is 4.89. The number of hydrogen-bond donors (Lipinski definition) is 1. The Morgan fingerprint density at radius 2 is 2.06 bits per heavy atom. The van der Waals surface area contributed by atoms with Crippen LogP contribution in [-0.4, -0.2) is 20.8 Å². The summed E-state index contributed by atoms with van der Waals surface area (Å²) in [7, 11) is 0. The van der Waals surface area contributed by atoms with Gasteiger partial charge in [-0.05, 0) is 26.0 Å². The molecule has 0 fully saturated rings. The second kappa shape index (κ2) is 5.31. The lowest BCUT2D eigenvalue weighted by atomic mass is 10.2. The molecular weight excluding hydrogens is 224 g/mol. The van der Waals surface area contributed by atoms with E-state index in [1.165, 1.54) is 0 Å². The molecule has 0 amide bonds. The van der Waals surface area contributed by atoms with Gasteiger partial charge in [-0.15, -0.1) is 0 Å².